The molecule has 0 bridgehead atoms. The number of pyridine rings is 1. The average Bonchev–Trinajstić information content (AvgIpc) is 3.31. The monoisotopic (exact) mass is 544 g/mol. The molecule has 1 aliphatic heterocycles. The highest BCUT2D eigenvalue weighted by Crippen LogP contribution is 2.36. The zero-order valence-corrected chi connectivity index (χ0v) is 22.0. The Morgan fingerprint density at radius 1 is 1.13 bits per heavy atom. The van der Waals surface area contributed by atoms with Crippen molar-refractivity contribution in [2.24, 2.45) is 0 Å². The largest absolute Gasteiger partial charge is 0.488 e. The zero-order chi connectivity index (χ0) is 27.3. The predicted molar refractivity (Wildman–Crippen MR) is 150 cm³/mol. The number of hydrogen-bond acceptors (Lipinski definition) is 5. The van der Waals surface area contributed by atoms with Crippen LogP contribution in [0.3, 0.4) is 0 Å². The third kappa shape index (κ3) is 4.46. The Morgan fingerprint density at radius 3 is 2.64 bits per heavy atom. The summed E-state index contributed by atoms with van der Waals surface area (Å²) < 4.78 is 47.7. The maximum Gasteiger partial charge on any atom is 0.488 e. The Bertz CT molecular complexity index is 1980. The van der Waals surface area contributed by atoms with Crippen LogP contribution in [0.1, 0.15) is 36.9 Å². The van der Waals surface area contributed by atoms with Crippen LogP contribution in [0.15, 0.2) is 59.4 Å². The van der Waals surface area contributed by atoms with Crippen LogP contribution >= 0.6 is 0 Å². The lowest BCUT2D eigenvalue weighted by Gasteiger charge is -2.28. The molecular weight excluding hydrogens is 519 g/mol. The van der Waals surface area contributed by atoms with Crippen LogP contribution in [0.5, 0.6) is 5.75 Å². The van der Waals surface area contributed by atoms with Gasteiger partial charge in [0.1, 0.15) is 11.4 Å². The van der Waals surface area contributed by atoms with Gasteiger partial charge in [0.25, 0.3) is 0 Å². The summed E-state index contributed by atoms with van der Waals surface area (Å²) in [6.07, 6.45) is 7.81. The van der Waals surface area contributed by atoms with E-state index in [9.17, 15) is 17.1 Å². The summed E-state index contributed by atoms with van der Waals surface area (Å²) in [5.74, 6) is 2.53. The third-order valence-corrected chi connectivity index (χ3v) is 7.81. The van der Waals surface area contributed by atoms with Crippen LogP contribution in [0, 0.1) is 12.3 Å². The van der Waals surface area contributed by atoms with E-state index >= 15 is 0 Å². The molecule has 0 radical (unpaired) electrons. The molecule has 0 amide bonds. The number of rotatable bonds is 5. The van der Waals surface area contributed by atoms with Gasteiger partial charge >= 0.3 is 10.5 Å². The molecule has 0 atom stereocenters. The van der Waals surface area contributed by atoms with Crippen molar-refractivity contribution in [1.29, 1.82) is 0 Å². The third-order valence-electron chi connectivity index (χ3n) is 7.42. The first kappa shape index (κ1) is 25.2. The van der Waals surface area contributed by atoms with Crippen LogP contribution in [0.4, 0.5) is 3.89 Å². The molecule has 1 saturated heterocycles. The molecule has 2 aromatic heterocycles. The molecule has 1 aliphatic rings. The molecule has 7 nitrogen and oxygen atoms in total. The molecule has 6 rings (SSSR count). The number of hydrogen-bond donors (Lipinski definition) is 1. The number of H-pyrrole nitrogens is 1. The quantitative estimate of drug-likeness (QED) is 0.223. The second-order valence-electron chi connectivity index (χ2n) is 9.68. The topological polar surface area (TPSA) is 90.4 Å². The number of halogens is 1. The molecule has 9 heteroatoms. The summed E-state index contributed by atoms with van der Waals surface area (Å²) in [6, 6.07) is 15.8. The Labute approximate surface area is 224 Å². The molecule has 1 fully saturated rings. The molecule has 0 aliphatic carbocycles. The van der Waals surface area contributed by atoms with Crippen LogP contribution in [0.2, 0.25) is 0 Å². The maximum absolute atomic E-state index is 14.1. The number of fused-ring (bicyclic) bond motifs is 4. The van der Waals surface area contributed by atoms with Gasteiger partial charge in [-0.05, 0) is 72.4 Å². The summed E-state index contributed by atoms with van der Waals surface area (Å²) in [6.45, 7) is 3.20. The molecule has 3 aromatic carbocycles. The normalized spacial score (nSPS) is 14.7. The second kappa shape index (κ2) is 9.56. The summed E-state index contributed by atoms with van der Waals surface area (Å²) in [5.41, 5.74) is 5.25. The van der Waals surface area contributed by atoms with Crippen LogP contribution in [-0.2, 0) is 21.7 Å². The van der Waals surface area contributed by atoms with Crippen molar-refractivity contribution in [1.82, 2.24) is 9.55 Å². The number of nitrogens with one attached hydrogen (secondary N) is 1. The van der Waals surface area contributed by atoms with Gasteiger partial charge in [0.2, 0.25) is 0 Å². The van der Waals surface area contributed by atoms with E-state index in [2.05, 4.69) is 19.7 Å². The summed E-state index contributed by atoms with van der Waals surface area (Å²) in [5, 5.41) is 2.03. The van der Waals surface area contributed by atoms with Crippen LogP contribution in [0.25, 0.3) is 44.0 Å². The zero-order valence-electron chi connectivity index (χ0n) is 21.2. The van der Waals surface area contributed by atoms with Gasteiger partial charge in [-0.25, -0.2) is 0 Å². The molecule has 0 spiro atoms. The number of terminal acetylenes is 1. The van der Waals surface area contributed by atoms with Gasteiger partial charge in [-0.1, -0.05) is 34.9 Å². The Morgan fingerprint density at radius 2 is 1.92 bits per heavy atom. The lowest BCUT2D eigenvalue weighted by molar-refractivity contribution is 0.0715. The van der Waals surface area contributed by atoms with Crippen molar-refractivity contribution in [2.45, 2.75) is 32.2 Å². The first-order valence-corrected chi connectivity index (χ1v) is 14.0. The molecule has 39 heavy (non-hydrogen) atoms. The van der Waals surface area contributed by atoms with Crippen LogP contribution in [-0.4, -0.2) is 31.2 Å². The highest BCUT2D eigenvalue weighted by atomic mass is 32.3. The number of aromatic amines is 1. The van der Waals surface area contributed by atoms with Gasteiger partial charge < -0.3 is 18.5 Å². The standard InChI is InChI=1S/C30H25FN2O5S/c1-3-18-8-9-23-26(14-18)32-30-28(23)29(34)25-16-19(4-2)24(17-27(25)33(30)21-10-12-37-13-11-21)20-6-5-7-22(15-20)38-39(31,35)36/h1,5-9,14-17,21,32H,4,10-13H2,2H3. The summed E-state index contributed by atoms with van der Waals surface area (Å²) in [4.78, 5) is 17.5. The highest BCUT2D eigenvalue weighted by Gasteiger charge is 2.24. The molecule has 0 unspecified atom stereocenters. The van der Waals surface area contributed by atoms with Gasteiger partial charge in [0, 0.05) is 41.1 Å². The fourth-order valence-corrected chi connectivity index (χ4v) is 6.00. The fourth-order valence-electron chi connectivity index (χ4n) is 5.67. The minimum Gasteiger partial charge on any atom is -0.381 e. The van der Waals surface area contributed by atoms with E-state index in [1.165, 1.54) is 12.1 Å². The van der Waals surface area contributed by atoms with Gasteiger partial charge in [-0.2, -0.15) is 8.42 Å². The predicted octanol–water partition coefficient (Wildman–Crippen LogP) is 5.79. The fraction of sp³-hybridized carbons (Fsp3) is 0.233. The molecule has 198 valence electrons. The lowest BCUT2D eigenvalue weighted by atomic mass is 9.94. The Hall–Kier alpha value is -4.13. The molecular formula is C30H25FN2O5S. The van der Waals surface area contributed by atoms with E-state index in [1.807, 2.05) is 37.3 Å². The van der Waals surface area contributed by atoms with Crippen LogP contribution < -0.4 is 9.61 Å². The van der Waals surface area contributed by atoms with E-state index in [0.29, 0.717) is 36.0 Å². The smallest absolute Gasteiger partial charge is 0.381 e. The lowest BCUT2D eigenvalue weighted by Crippen LogP contribution is -2.22. The number of benzene rings is 3. The second-order valence-corrected chi connectivity index (χ2v) is 10.6. The van der Waals surface area contributed by atoms with E-state index in [4.69, 9.17) is 11.2 Å². The van der Waals surface area contributed by atoms with E-state index in [1.54, 1.807) is 12.1 Å². The first-order valence-electron chi connectivity index (χ1n) is 12.7. The number of nitrogens with zero attached hydrogens (tertiary/aromatic N) is 1. The molecule has 5 aromatic rings. The number of aromatic nitrogens is 2. The summed E-state index contributed by atoms with van der Waals surface area (Å²) in [7, 11) is -5.17. The summed E-state index contributed by atoms with van der Waals surface area (Å²) >= 11 is 0. The van der Waals surface area contributed by atoms with Crippen molar-refractivity contribution in [3.8, 4) is 29.2 Å². The Balaban J connectivity index is 1.69. The van der Waals surface area contributed by atoms with Gasteiger partial charge in [0.15, 0.2) is 5.43 Å². The van der Waals surface area contributed by atoms with Crippen molar-refractivity contribution in [3.63, 3.8) is 0 Å². The Kier molecular flexibility index (Phi) is 6.17. The SMILES string of the molecule is C#Cc1ccc2c(c1)[nH]c1c2c(=O)c2cc(CC)c(-c3cccc(OS(=O)(=O)F)c3)cc2n1C1CCOCC1. The van der Waals surface area contributed by atoms with Gasteiger partial charge in [-0.15, -0.1) is 6.42 Å². The van der Waals surface area contributed by atoms with Crippen molar-refractivity contribution < 1.29 is 21.2 Å². The molecule has 1 N–H and O–H groups in total. The van der Waals surface area contributed by atoms with E-state index in [-0.39, 0.29) is 17.2 Å². The van der Waals surface area contributed by atoms with Crippen molar-refractivity contribution in [3.05, 3.63) is 75.9 Å². The maximum atomic E-state index is 14.1. The number of aryl methyl sites for hydroxylation is 1. The minimum atomic E-state index is -5.17. The van der Waals surface area contributed by atoms with E-state index in [0.717, 1.165) is 51.6 Å². The average molecular weight is 545 g/mol. The van der Waals surface area contributed by atoms with E-state index < -0.39 is 10.5 Å². The highest BCUT2D eigenvalue weighted by molar-refractivity contribution is 7.81. The molecule has 3 heterocycles. The van der Waals surface area contributed by atoms with Gasteiger partial charge in [0.05, 0.1) is 10.9 Å². The molecule has 0 saturated carbocycles. The van der Waals surface area contributed by atoms with Gasteiger partial charge in [-0.3, -0.25) is 4.79 Å². The van der Waals surface area contributed by atoms with Crippen molar-refractivity contribution >= 4 is 43.3 Å². The van der Waals surface area contributed by atoms with Crippen molar-refractivity contribution in [2.75, 3.05) is 13.2 Å². The minimum absolute atomic E-state index is 0.0788. The number of ether oxygens (including phenoxy) is 1. The first-order chi connectivity index (χ1) is 18.8.